The SMILES string of the molecule is Cn1cc(S(=O)(=O)N2CCCN(C(=O)c3ccccc3Cl)CC2)cn1. The van der Waals surface area contributed by atoms with Gasteiger partial charge in [0.05, 0.1) is 16.8 Å². The van der Waals surface area contributed by atoms with Crippen LogP contribution >= 0.6 is 11.6 Å². The van der Waals surface area contributed by atoms with E-state index in [0.29, 0.717) is 36.6 Å². The fourth-order valence-electron chi connectivity index (χ4n) is 2.82. The number of hydrogen-bond acceptors (Lipinski definition) is 4. The molecule has 0 N–H and O–H groups in total. The Bertz CT molecular complexity index is 881. The van der Waals surface area contributed by atoms with Crippen LogP contribution in [0.1, 0.15) is 16.8 Å². The molecule has 1 aliphatic heterocycles. The standard InChI is InChI=1S/C16H19ClN4O3S/c1-19-12-13(11-18-19)25(23,24)21-8-4-7-20(9-10-21)16(22)14-5-2-3-6-15(14)17/h2-3,5-6,11-12H,4,7-10H2,1H3. The Morgan fingerprint density at radius 1 is 1.16 bits per heavy atom. The van der Waals surface area contributed by atoms with Crippen LogP contribution in [0.3, 0.4) is 0 Å². The summed E-state index contributed by atoms with van der Waals surface area (Å²) in [4.78, 5) is 14.5. The molecular weight excluding hydrogens is 364 g/mol. The maximum absolute atomic E-state index is 12.7. The molecule has 0 saturated carbocycles. The van der Waals surface area contributed by atoms with Crippen LogP contribution in [0.25, 0.3) is 0 Å². The van der Waals surface area contributed by atoms with Crippen LogP contribution in [0.15, 0.2) is 41.6 Å². The average Bonchev–Trinajstić information content (AvgIpc) is 2.88. The Labute approximate surface area is 151 Å². The van der Waals surface area contributed by atoms with E-state index in [4.69, 9.17) is 11.6 Å². The zero-order valence-electron chi connectivity index (χ0n) is 13.8. The number of benzene rings is 1. The monoisotopic (exact) mass is 382 g/mol. The second-order valence-corrected chi connectivity index (χ2v) is 8.22. The number of rotatable bonds is 3. The van der Waals surface area contributed by atoms with Gasteiger partial charge < -0.3 is 4.90 Å². The summed E-state index contributed by atoms with van der Waals surface area (Å²) in [5.41, 5.74) is 0.438. The first kappa shape index (κ1) is 17.9. The molecular formula is C16H19ClN4O3S. The molecule has 3 rings (SSSR count). The first-order valence-electron chi connectivity index (χ1n) is 7.92. The molecule has 7 nitrogen and oxygen atoms in total. The maximum Gasteiger partial charge on any atom is 0.255 e. The van der Waals surface area contributed by atoms with E-state index in [1.807, 2.05) is 0 Å². The van der Waals surface area contributed by atoms with Gasteiger partial charge in [-0.3, -0.25) is 9.48 Å². The minimum atomic E-state index is -3.60. The number of nitrogens with zero attached hydrogens (tertiary/aromatic N) is 4. The summed E-state index contributed by atoms with van der Waals surface area (Å²) in [5, 5.41) is 4.32. The van der Waals surface area contributed by atoms with Crippen LogP contribution in [0.4, 0.5) is 0 Å². The summed E-state index contributed by atoms with van der Waals surface area (Å²) in [6, 6.07) is 6.88. The molecule has 25 heavy (non-hydrogen) atoms. The summed E-state index contributed by atoms with van der Waals surface area (Å²) in [6.45, 7) is 1.42. The molecule has 1 aliphatic rings. The topological polar surface area (TPSA) is 75.5 Å². The number of aromatic nitrogens is 2. The van der Waals surface area contributed by atoms with Crippen molar-refractivity contribution in [3.05, 3.63) is 47.2 Å². The fourth-order valence-corrected chi connectivity index (χ4v) is 4.50. The van der Waals surface area contributed by atoms with E-state index in [1.165, 1.54) is 21.4 Å². The van der Waals surface area contributed by atoms with E-state index >= 15 is 0 Å². The van der Waals surface area contributed by atoms with Crippen LogP contribution in [0.2, 0.25) is 5.02 Å². The van der Waals surface area contributed by atoms with Crippen LogP contribution in [0, 0.1) is 0 Å². The summed E-state index contributed by atoms with van der Waals surface area (Å²) in [7, 11) is -1.93. The molecule has 0 unspecified atom stereocenters. The molecule has 0 atom stereocenters. The first-order valence-corrected chi connectivity index (χ1v) is 9.74. The number of sulfonamides is 1. The van der Waals surface area contributed by atoms with Gasteiger partial charge in [-0.05, 0) is 18.6 Å². The van der Waals surface area contributed by atoms with Crippen LogP contribution in [0.5, 0.6) is 0 Å². The summed E-state index contributed by atoms with van der Waals surface area (Å²) < 4.78 is 28.3. The third-order valence-electron chi connectivity index (χ3n) is 4.17. The number of halogens is 1. The van der Waals surface area contributed by atoms with Gasteiger partial charge in [-0.2, -0.15) is 9.40 Å². The molecule has 134 valence electrons. The molecule has 1 saturated heterocycles. The highest BCUT2D eigenvalue weighted by molar-refractivity contribution is 7.89. The van der Waals surface area contributed by atoms with Gasteiger partial charge in [0.2, 0.25) is 10.0 Å². The van der Waals surface area contributed by atoms with Crippen molar-refractivity contribution in [2.24, 2.45) is 7.05 Å². The quantitative estimate of drug-likeness (QED) is 0.808. The summed E-state index contributed by atoms with van der Waals surface area (Å²) >= 11 is 6.10. The van der Waals surface area contributed by atoms with Gasteiger partial charge in [0, 0.05) is 39.4 Å². The fraction of sp³-hybridized carbons (Fsp3) is 0.375. The second kappa shape index (κ2) is 7.15. The Hall–Kier alpha value is -1.90. The highest BCUT2D eigenvalue weighted by Gasteiger charge is 2.29. The molecule has 0 aliphatic carbocycles. The predicted molar refractivity (Wildman–Crippen MR) is 93.9 cm³/mol. The molecule has 2 aromatic rings. The summed E-state index contributed by atoms with van der Waals surface area (Å²) in [6.07, 6.45) is 3.38. The largest absolute Gasteiger partial charge is 0.337 e. The van der Waals surface area contributed by atoms with Gasteiger partial charge in [-0.25, -0.2) is 8.42 Å². The van der Waals surface area contributed by atoms with Crippen molar-refractivity contribution >= 4 is 27.5 Å². The number of hydrogen-bond donors (Lipinski definition) is 0. The lowest BCUT2D eigenvalue weighted by Gasteiger charge is -2.22. The van der Waals surface area contributed by atoms with Gasteiger partial charge in [-0.15, -0.1) is 0 Å². The van der Waals surface area contributed by atoms with Crippen molar-refractivity contribution in [1.29, 1.82) is 0 Å². The minimum Gasteiger partial charge on any atom is -0.337 e. The van der Waals surface area contributed by atoms with E-state index in [9.17, 15) is 13.2 Å². The molecule has 0 spiro atoms. The summed E-state index contributed by atoms with van der Waals surface area (Å²) in [5.74, 6) is -0.175. The zero-order chi connectivity index (χ0) is 18.0. The molecule has 0 radical (unpaired) electrons. The van der Waals surface area contributed by atoms with E-state index < -0.39 is 10.0 Å². The van der Waals surface area contributed by atoms with Crippen molar-refractivity contribution in [3.8, 4) is 0 Å². The lowest BCUT2D eigenvalue weighted by molar-refractivity contribution is 0.0764. The highest BCUT2D eigenvalue weighted by Crippen LogP contribution is 2.20. The third kappa shape index (κ3) is 3.70. The van der Waals surface area contributed by atoms with Crippen molar-refractivity contribution < 1.29 is 13.2 Å². The van der Waals surface area contributed by atoms with Gasteiger partial charge >= 0.3 is 0 Å². The van der Waals surface area contributed by atoms with E-state index in [2.05, 4.69) is 5.10 Å². The van der Waals surface area contributed by atoms with Gasteiger partial charge in [0.15, 0.2) is 0 Å². The lowest BCUT2D eigenvalue weighted by atomic mass is 10.2. The van der Waals surface area contributed by atoms with Crippen LogP contribution in [-0.4, -0.2) is 59.5 Å². The van der Waals surface area contributed by atoms with Gasteiger partial charge in [0.1, 0.15) is 4.90 Å². The molecule has 0 bridgehead atoms. The average molecular weight is 383 g/mol. The molecule has 1 aromatic carbocycles. The van der Waals surface area contributed by atoms with Crippen molar-refractivity contribution in [2.45, 2.75) is 11.3 Å². The smallest absolute Gasteiger partial charge is 0.255 e. The molecule has 1 amide bonds. The van der Waals surface area contributed by atoms with Crippen LogP contribution < -0.4 is 0 Å². The lowest BCUT2D eigenvalue weighted by Crippen LogP contribution is -2.37. The minimum absolute atomic E-state index is 0.167. The third-order valence-corrected chi connectivity index (χ3v) is 6.35. The van der Waals surface area contributed by atoms with Crippen molar-refractivity contribution in [2.75, 3.05) is 26.2 Å². The molecule has 9 heteroatoms. The Balaban J connectivity index is 1.74. The van der Waals surface area contributed by atoms with E-state index in [0.717, 1.165) is 0 Å². The number of aryl methyl sites for hydroxylation is 1. The Morgan fingerprint density at radius 2 is 1.92 bits per heavy atom. The molecule has 1 fully saturated rings. The van der Waals surface area contributed by atoms with Crippen molar-refractivity contribution in [3.63, 3.8) is 0 Å². The normalized spacial score (nSPS) is 16.6. The number of carbonyl (C=O) groups is 1. The predicted octanol–water partition coefficient (Wildman–Crippen LogP) is 1.61. The Kier molecular flexibility index (Phi) is 5.12. The van der Waals surface area contributed by atoms with Crippen molar-refractivity contribution in [1.82, 2.24) is 19.0 Å². The van der Waals surface area contributed by atoms with Gasteiger partial charge in [0.25, 0.3) is 5.91 Å². The van der Waals surface area contributed by atoms with Gasteiger partial charge in [-0.1, -0.05) is 23.7 Å². The first-order chi connectivity index (χ1) is 11.9. The van der Waals surface area contributed by atoms with E-state index in [-0.39, 0.29) is 17.3 Å². The molecule has 2 heterocycles. The zero-order valence-corrected chi connectivity index (χ0v) is 15.4. The maximum atomic E-state index is 12.7. The second-order valence-electron chi connectivity index (χ2n) is 5.88. The van der Waals surface area contributed by atoms with Crippen LogP contribution in [-0.2, 0) is 17.1 Å². The Morgan fingerprint density at radius 3 is 2.60 bits per heavy atom. The van der Waals surface area contributed by atoms with E-state index in [1.54, 1.807) is 36.2 Å². The highest BCUT2D eigenvalue weighted by atomic mass is 35.5. The number of carbonyl (C=O) groups excluding carboxylic acids is 1. The molecule has 1 aromatic heterocycles. The number of amides is 1.